The van der Waals surface area contributed by atoms with Crippen molar-refractivity contribution in [3.05, 3.63) is 32.3 Å². The van der Waals surface area contributed by atoms with Crippen LogP contribution in [0.4, 0.5) is 18.9 Å². The van der Waals surface area contributed by atoms with Crippen molar-refractivity contribution < 1.29 is 27.9 Å². The van der Waals surface area contributed by atoms with Crippen LogP contribution < -0.4 is 4.74 Å². The third kappa shape index (κ3) is 4.35. The van der Waals surface area contributed by atoms with Gasteiger partial charge in [0.05, 0.1) is 11.0 Å². The summed E-state index contributed by atoms with van der Waals surface area (Å²) in [6.45, 7) is -0.402. The molecule has 0 heterocycles. The van der Waals surface area contributed by atoms with E-state index in [-0.39, 0.29) is 10.0 Å². The van der Waals surface area contributed by atoms with E-state index < -0.39 is 35.2 Å². The summed E-state index contributed by atoms with van der Waals surface area (Å²) < 4.78 is 41.1. The lowest BCUT2D eigenvalue weighted by atomic mass is 10.1. The summed E-state index contributed by atoms with van der Waals surface area (Å²) in [4.78, 5) is 9.94. The van der Waals surface area contributed by atoms with Crippen LogP contribution in [0.1, 0.15) is 18.6 Å². The minimum absolute atomic E-state index is 0.0923. The van der Waals surface area contributed by atoms with Gasteiger partial charge in [0.15, 0.2) is 6.61 Å². The summed E-state index contributed by atoms with van der Waals surface area (Å²) in [7, 11) is 0. The minimum atomic E-state index is -4.63. The lowest BCUT2D eigenvalue weighted by molar-refractivity contribution is -0.386. The number of hydrogen-bond acceptors (Lipinski definition) is 4. The molecule has 19 heavy (non-hydrogen) atoms. The maximum absolute atomic E-state index is 12.1. The maximum atomic E-state index is 12.1. The quantitative estimate of drug-likeness (QED) is 0.672. The molecule has 1 rings (SSSR count). The van der Waals surface area contributed by atoms with Crippen molar-refractivity contribution in [1.82, 2.24) is 0 Å². The molecule has 1 N–H and O–H groups in total. The Morgan fingerprint density at radius 1 is 1.53 bits per heavy atom. The van der Waals surface area contributed by atoms with E-state index >= 15 is 0 Å². The van der Waals surface area contributed by atoms with Crippen molar-refractivity contribution in [2.75, 3.05) is 6.61 Å². The largest absolute Gasteiger partial charge is 0.477 e. The van der Waals surface area contributed by atoms with E-state index in [1.807, 2.05) is 0 Å². The number of alkyl halides is 3. The third-order valence-electron chi connectivity index (χ3n) is 2.09. The summed E-state index contributed by atoms with van der Waals surface area (Å²) in [6.07, 6.45) is -5.84. The number of halogens is 4. The lowest BCUT2D eigenvalue weighted by Crippen LogP contribution is -2.20. The average Bonchev–Trinajstić information content (AvgIpc) is 2.24. The fourth-order valence-electron chi connectivity index (χ4n) is 1.36. The number of ether oxygens (including phenoxy) is 1. The van der Waals surface area contributed by atoms with Gasteiger partial charge in [-0.2, -0.15) is 13.2 Å². The van der Waals surface area contributed by atoms with Crippen molar-refractivity contribution in [3.8, 4) is 5.75 Å². The van der Waals surface area contributed by atoms with Gasteiger partial charge in [0.1, 0.15) is 0 Å². The molecule has 0 aliphatic heterocycles. The number of nitrogens with zero attached hydrogens (tertiary/aromatic N) is 1. The monoisotopic (exact) mass is 343 g/mol. The van der Waals surface area contributed by atoms with Gasteiger partial charge < -0.3 is 9.84 Å². The topological polar surface area (TPSA) is 72.6 Å². The highest BCUT2D eigenvalue weighted by atomic mass is 79.9. The summed E-state index contributed by atoms with van der Waals surface area (Å²) >= 11 is 2.98. The smallest absolute Gasteiger partial charge is 0.422 e. The first-order valence-electron chi connectivity index (χ1n) is 4.97. The predicted octanol–water partition coefficient (Wildman–Crippen LogP) is 3.35. The zero-order chi connectivity index (χ0) is 14.8. The summed E-state index contributed by atoms with van der Waals surface area (Å²) in [5.41, 5.74) is -0.736. The van der Waals surface area contributed by atoms with E-state index in [2.05, 4.69) is 20.7 Å². The van der Waals surface area contributed by atoms with Crippen LogP contribution in [0.25, 0.3) is 0 Å². The van der Waals surface area contributed by atoms with Crippen LogP contribution in [0, 0.1) is 10.1 Å². The van der Waals surface area contributed by atoms with Crippen molar-refractivity contribution in [1.29, 1.82) is 0 Å². The molecule has 1 aromatic carbocycles. The highest BCUT2D eigenvalue weighted by Crippen LogP contribution is 2.38. The van der Waals surface area contributed by atoms with Gasteiger partial charge >= 0.3 is 11.9 Å². The Hall–Kier alpha value is -1.35. The first kappa shape index (κ1) is 15.7. The van der Waals surface area contributed by atoms with Crippen molar-refractivity contribution in [2.24, 2.45) is 0 Å². The molecule has 0 aliphatic carbocycles. The molecule has 0 saturated heterocycles. The Morgan fingerprint density at radius 2 is 2.11 bits per heavy atom. The van der Waals surface area contributed by atoms with E-state index in [0.717, 1.165) is 6.07 Å². The van der Waals surface area contributed by atoms with E-state index in [9.17, 15) is 28.4 Å². The standard InChI is InChI=1S/C10H9BrF3NO4/c1-5(16)7-2-6(11)3-8(15(17)18)9(7)19-4-10(12,13)14/h2-3,5,16H,4H2,1H3/t5-/m0/s1. The van der Waals surface area contributed by atoms with Crippen LogP contribution in [0.15, 0.2) is 16.6 Å². The lowest BCUT2D eigenvalue weighted by Gasteiger charge is -2.15. The molecule has 1 atom stereocenters. The zero-order valence-electron chi connectivity index (χ0n) is 9.57. The van der Waals surface area contributed by atoms with E-state index in [1.54, 1.807) is 0 Å². The number of nitro benzene ring substituents is 1. The fourth-order valence-corrected chi connectivity index (χ4v) is 1.82. The Labute approximate surface area is 114 Å². The summed E-state index contributed by atoms with van der Waals surface area (Å²) in [5, 5.41) is 20.3. The number of aliphatic hydroxyl groups excluding tert-OH is 1. The second-order valence-electron chi connectivity index (χ2n) is 3.68. The third-order valence-corrected chi connectivity index (χ3v) is 2.55. The van der Waals surface area contributed by atoms with E-state index in [1.165, 1.54) is 13.0 Å². The molecule has 0 radical (unpaired) electrons. The van der Waals surface area contributed by atoms with Gasteiger partial charge in [-0.15, -0.1) is 0 Å². The minimum Gasteiger partial charge on any atom is -0.477 e. The van der Waals surface area contributed by atoms with E-state index in [0.29, 0.717) is 0 Å². The van der Waals surface area contributed by atoms with Crippen LogP contribution in [-0.2, 0) is 0 Å². The molecule has 5 nitrogen and oxygen atoms in total. The first-order valence-corrected chi connectivity index (χ1v) is 5.76. The second kappa shape index (κ2) is 5.74. The first-order chi connectivity index (χ1) is 8.61. The highest BCUT2D eigenvalue weighted by molar-refractivity contribution is 9.10. The van der Waals surface area contributed by atoms with Crippen LogP contribution in [0.3, 0.4) is 0 Å². The van der Waals surface area contributed by atoms with Gasteiger partial charge in [-0.25, -0.2) is 0 Å². The number of aliphatic hydroxyl groups is 1. The summed E-state index contributed by atoms with van der Waals surface area (Å²) in [5.74, 6) is -0.583. The second-order valence-corrected chi connectivity index (χ2v) is 4.60. The Morgan fingerprint density at radius 3 is 2.53 bits per heavy atom. The predicted molar refractivity (Wildman–Crippen MR) is 63.0 cm³/mol. The van der Waals surface area contributed by atoms with Crippen LogP contribution in [0.5, 0.6) is 5.75 Å². The molecule has 1 aromatic rings. The molecule has 0 aromatic heterocycles. The number of nitro groups is 1. The van der Waals surface area contributed by atoms with Crippen LogP contribution in [0.2, 0.25) is 0 Å². The Balaban J connectivity index is 3.27. The molecule has 106 valence electrons. The molecular weight excluding hydrogens is 335 g/mol. The van der Waals surface area contributed by atoms with Gasteiger partial charge in [-0.1, -0.05) is 15.9 Å². The zero-order valence-corrected chi connectivity index (χ0v) is 11.2. The van der Waals surface area contributed by atoms with Gasteiger partial charge in [0.25, 0.3) is 0 Å². The molecule has 0 amide bonds. The maximum Gasteiger partial charge on any atom is 0.422 e. The number of hydrogen-bond donors (Lipinski definition) is 1. The van der Waals surface area contributed by atoms with Crippen LogP contribution >= 0.6 is 15.9 Å². The Bertz CT molecular complexity index is 490. The van der Waals surface area contributed by atoms with Gasteiger partial charge in [0, 0.05) is 16.1 Å². The SMILES string of the molecule is C[C@H](O)c1cc(Br)cc([N+](=O)[O-])c1OCC(F)(F)F. The molecule has 0 spiro atoms. The van der Waals surface area contributed by atoms with Gasteiger partial charge in [0.2, 0.25) is 5.75 Å². The highest BCUT2D eigenvalue weighted by Gasteiger charge is 2.32. The number of benzene rings is 1. The molecule has 0 fully saturated rings. The van der Waals surface area contributed by atoms with Crippen LogP contribution in [-0.4, -0.2) is 22.8 Å². The van der Waals surface area contributed by atoms with Crippen molar-refractivity contribution in [2.45, 2.75) is 19.2 Å². The van der Waals surface area contributed by atoms with E-state index in [4.69, 9.17) is 0 Å². The molecular formula is C10H9BrF3NO4. The Kier molecular flexibility index (Phi) is 4.75. The molecule has 9 heteroatoms. The molecule has 0 saturated carbocycles. The van der Waals surface area contributed by atoms with Crippen molar-refractivity contribution in [3.63, 3.8) is 0 Å². The fraction of sp³-hybridized carbons (Fsp3) is 0.400. The molecule has 0 aliphatic rings. The van der Waals surface area contributed by atoms with Gasteiger partial charge in [-0.3, -0.25) is 10.1 Å². The normalized spacial score (nSPS) is 13.2. The van der Waals surface area contributed by atoms with Gasteiger partial charge in [-0.05, 0) is 13.0 Å². The number of rotatable bonds is 4. The van der Waals surface area contributed by atoms with Crippen molar-refractivity contribution >= 4 is 21.6 Å². The average molecular weight is 344 g/mol. The molecule has 0 bridgehead atoms. The summed E-state index contributed by atoms with van der Waals surface area (Å²) in [6, 6.07) is 2.28. The molecule has 0 unspecified atom stereocenters.